The SMILES string of the molecule is C[C@@]12C[C@H]1C/C=C\[C@H](O)[C@@H]1CC[C@H]1CN1CCCCc3cc(Cl)ccc3COc3ccc(cc31)C(=O)NS2(=O)=O. The quantitative estimate of drug-likeness (QED) is 0.411. The van der Waals surface area contributed by atoms with E-state index in [1.54, 1.807) is 25.1 Å². The van der Waals surface area contributed by atoms with E-state index in [2.05, 4.69) is 9.62 Å². The minimum absolute atomic E-state index is 0.0830. The van der Waals surface area contributed by atoms with Crippen LogP contribution in [0.4, 0.5) is 5.69 Å². The van der Waals surface area contributed by atoms with Crippen molar-refractivity contribution in [3.05, 3.63) is 70.3 Å². The van der Waals surface area contributed by atoms with E-state index >= 15 is 0 Å². The lowest BCUT2D eigenvalue weighted by molar-refractivity contribution is 0.0461. The van der Waals surface area contributed by atoms with Crippen molar-refractivity contribution in [3.8, 4) is 5.75 Å². The average molecular weight is 585 g/mol. The smallest absolute Gasteiger partial charge is 0.264 e. The standard InChI is InChI=1S/C31H37ClN2O5S/c1-31-17-24(31)6-4-7-28(35)26-12-9-22(26)18-34-14-3-2-5-20-15-25(32)11-8-23(20)19-39-29-13-10-21(16-27(29)34)30(36)33-40(31,37)38/h4,7-8,10-11,13,15-16,22,24,26,28,35H,2-3,5-6,9,12,14,17-19H2,1H3,(H,33,36)/b7-4-/t22-,24+,26+,28-,31+/m0/s1. The maximum Gasteiger partial charge on any atom is 0.264 e. The molecule has 2 heterocycles. The number of amides is 1. The number of aryl methyl sites for hydroxylation is 1. The molecule has 0 aromatic heterocycles. The zero-order chi connectivity index (χ0) is 28.1. The van der Waals surface area contributed by atoms with Crippen LogP contribution in [0.3, 0.4) is 0 Å². The van der Waals surface area contributed by atoms with Gasteiger partial charge in [0, 0.05) is 23.7 Å². The molecular formula is C31H37ClN2O5S. The normalized spacial score (nSPS) is 32.5. The number of carbonyl (C=O) groups excluding carboxylic acids is 1. The van der Waals surface area contributed by atoms with Crippen molar-refractivity contribution in [2.75, 3.05) is 18.0 Å². The third-order valence-electron chi connectivity index (χ3n) is 9.56. The van der Waals surface area contributed by atoms with E-state index in [1.165, 1.54) is 5.56 Å². The van der Waals surface area contributed by atoms with Crippen molar-refractivity contribution >= 4 is 33.2 Å². The van der Waals surface area contributed by atoms with Crippen LogP contribution in [0.5, 0.6) is 5.75 Å². The second-order valence-corrected chi connectivity index (χ2v) is 14.7. The predicted octanol–water partition coefficient (Wildman–Crippen LogP) is 5.25. The van der Waals surface area contributed by atoms with Crippen molar-refractivity contribution in [2.45, 2.75) is 69.3 Å². The lowest BCUT2D eigenvalue weighted by Gasteiger charge is -2.42. The van der Waals surface area contributed by atoms with Crippen LogP contribution in [0.2, 0.25) is 5.02 Å². The monoisotopic (exact) mass is 584 g/mol. The van der Waals surface area contributed by atoms with Gasteiger partial charge in [-0.05, 0) is 111 Å². The zero-order valence-corrected chi connectivity index (χ0v) is 24.4. The van der Waals surface area contributed by atoms with E-state index < -0.39 is 26.8 Å². The number of sulfonamides is 1. The third kappa shape index (κ3) is 5.26. The molecule has 0 radical (unpaired) electrons. The summed E-state index contributed by atoms with van der Waals surface area (Å²) >= 11 is 6.29. The van der Waals surface area contributed by atoms with E-state index in [9.17, 15) is 18.3 Å². The number of benzene rings is 2. The number of rotatable bonds is 0. The Kier molecular flexibility index (Phi) is 7.38. The number of anilines is 1. The molecule has 1 amide bonds. The molecule has 0 saturated heterocycles. The molecule has 40 heavy (non-hydrogen) atoms. The number of aliphatic hydroxyl groups excluding tert-OH is 1. The summed E-state index contributed by atoms with van der Waals surface area (Å²) in [5, 5.41) is 11.7. The molecule has 214 valence electrons. The summed E-state index contributed by atoms with van der Waals surface area (Å²) in [6.07, 6.45) is 9.04. The second-order valence-electron chi connectivity index (χ2n) is 12.1. The van der Waals surface area contributed by atoms with Crippen LogP contribution in [0.15, 0.2) is 48.6 Å². The lowest BCUT2D eigenvalue weighted by atomic mass is 9.70. The number of halogens is 1. The average Bonchev–Trinajstić information content (AvgIpc) is 3.58. The summed E-state index contributed by atoms with van der Waals surface area (Å²) in [6.45, 7) is 3.54. The molecule has 2 N–H and O–H groups in total. The van der Waals surface area contributed by atoms with E-state index in [0.717, 1.165) is 56.4 Å². The van der Waals surface area contributed by atoms with Gasteiger partial charge in [0.25, 0.3) is 5.91 Å². The summed E-state index contributed by atoms with van der Waals surface area (Å²) in [4.78, 5) is 15.6. The Bertz CT molecular complexity index is 1440. The molecule has 2 aliphatic carbocycles. The van der Waals surface area contributed by atoms with Gasteiger partial charge < -0.3 is 14.7 Å². The van der Waals surface area contributed by atoms with Gasteiger partial charge in [0.2, 0.25) is 10.0 Å². The van der Waals surface area contributed by atoms with Gasteiger partial charge in [0.15, 0.2) is 0 Å². The van der Waals surface area contributed by atoms with Gasteiger partial charge in [-0.15, -0.1) is 0 Å². The maximum absolute atomic E-state index is 13.3. The van der Waals surface area contributed by atoms with E-state index in [4.69, 9.17) is 16.3 Å². The number of carbonyl (C=O) groups is 1. The van der Waals surface area contributed by atoms with E-state index in [1.807, 2.05) is 30.4 Å². The number of ether oxygens (including phenoxy) is 1. The zero-order valence-electron chi connectivity index (χ0n) is 22.8. The number of aliphatic hydroxyl groups is 1. The van der Waals surface area contributed by atoms with E-state index in [0.29, 0.717) is 36.1 Å². The fourth-order valence-electron chi connectivity index (χ4n) is 6.55. The molecule has 4 aliphatic rings. The molecule has 2 fully saturated rings. The Hall–Kier alpha value is -2.55. The number of fused-ring (bicyclic) bond motifs is 4. The minimum atomic E-state index is -3.89. The first kappa shape index (κ1) is 27.6. The summed E-state index contributed by atoms with van der Waals surface area (Å²) in [5.74, 6) is 0.405. The summed E-state index contributed by atoms with van der Waals surface area (Å²) in [7, 11) is -3.89. The van der Waals surface area contributed by atoms with Crippen molar-refractivity contribution in [1.29, 1.82) is 0 Å². The maximum atomic E-state index is 13.3. The van der Waals surface area contributed by atoms with Gasteiger partial charge in [-0.3, -0.25) is 4.79 Å². The van der Waals surface area contributed by atoms with Crippen molar-refractivity contribution < 1.29 is 23.1 Å². The molecule has 7 nitrogen and oxygen atoms in total. The molecular weight excluding hydrogens is 548 g/mol. The molecule has 2 aliphatic heterocycles. The summed E-state index contributed by atoms with van der Waals surface area (Å²) < 4.78 is 34.2. The molecule has 2 saturated carbocycles. The highest BCUT2D eigenvalue weighted by molar-refractivity contribution is 7.91. The fourth-order valence-corrected chi connectivity index (χ4v) is 8.29. The lowest BCUT2D eigenvalue weighted by Crippen LogP contribution is -2.43. The van der Waals surface area contributed by atoms with Gasteiger partial charge in [-0.25, -0.2) is 13.1 Å². The Labute approximate surface area is 241 Å². The van der Waals surface area contributed by atoms with E-state index in [-0.39, 0.29) is 17.4 Å². The summed E-state index contributed by atoms with van der Waals surface area (Å²) in [5.41, 5.74) is 3.32. The van der Waals surface area contributed by atoms with Gasteiger partial charge >= 0.3 is 0 Å². The van der Waals surface area contributed by atoms with Gasteiger partial charge in [0.1, 0.15) is 12.4 Å². The van der Waals surface area contributed by atoms with Crippen LogP contribution < -0.4 is 14.4 Å². The summed E-state index contributed by atoms with van der Waals surface area (Å²) in [6, 6.07) is 11.1. The number of hydrogen-bond acceptors (Lipinski definition) is 6. The highest BCUT2D eigenvalue weighted by Gasteiger charge is 2.59. The number of hydrogen-bond donors (Lipinski definition) is 2. The predicted molar refractivity (Wildman–Crippen MR) is 156 cm³/mol. The topological polar surface area (TPSA) is 95.9 Å². The minimum Gasteiger partial charge on any atom is -0.487 e. The molecule has 9 heteroatoms. The molecule has 5 atom stereocenters. The highest BCUT2D eigenvalue weighted by Crippen LogP contribution is 2.52. The number of nitrogens with one attached hydrogen (secondary N) is 1. The molecule has 0 spiro atoms. The van der Waals surface area contributed by atoms with Crippen LogP contribution in [0.1, 0.15) is 66.9 Å². The Morgan fingerprint density at radius 2 is 1.98 bits per heavy atom. The van der Waals surface area contributed by atoms with Crippen LogP contribution in [0.25, 0.3) is 0 Å². The molecule has 0 unspecified atom stereocenters. The van der Waals surface area contributed by atoms with Gasteiger partial charge in [0.05, 0.1) is 16.5 Å². The Morgan fingerprint density at radius 1 is 1.12 bits per heavy atom. The van der Waals surface area contributed by atoms with Crippen LogP contribution in [-0.2, 0) is 23.1 Å². The second kappa shape index (κ2) is 10.7. The van der Waals surface area contributed by atoms with Gasteiger partial charge in [-0.1, -0.05) is 29.8 Å². The third-order valence-corrected chi connectivity index (χ3v) is 12.0. The largest absolute Gasteiger partial charge is 0.487 e. The first-order valence-electron chi connectivity index (χ1n) is 14.3. The fraction of sp³-hybridized carbons (Fsp3) is 0.516. The Balaban J connectivity index is 1.38. The molecule has 6 rings (SSSR count). The number of allylic oxidation sites excluding steroid dienone is 1. The van der Waals surface area contributed by atoms with Crippen molar-refractivity contribution in [3.63, 3.8) is 0 Å². The van der Waals surface area contributed by atoms with Gasteiger partial charge in [-0.2, -0.15) is 0 Å². The highest BCUT2D eigenvalue weighted by atomic mass is 35.5. The Morgan fingerprint density at radius 3 is 2.77 bits per heavy atom. The molecule has 2 aromatic rings. The molecule has 2 aromatic carbocycles. The first-order chi connectivity index (χ1) is 19.1. The molecule has 2 bridgehead atoms. The van der Waals surface area contributed by atoms with Crippen LogP contribution in [-0.4, -0.2) is 43.4 Å². The van der Waals surface area contributed by atoms with Crippen LogP contribution in [0, 0.1) is 17.8 Å². The van der Waals surface area contributed by atoms with Crippen LogP contribution >= 0.6 is 11.6 Å². The first-order valence-corrected chi connectivity index (χ1v) is 16.2. The number of nitrogens with zero attached hydrogens (tertiary/aromatic N) is 1. The van der Waals surface area contributed by atoms with Crippen molar-refractivity contribution in [2.24, 2.45) is 17.8 Å². The van der Waals surface area contributed by atoms with Crippen molar-refractivity contribution in [1.82, 2.24) is 4.72 Å².